The molecule has 0 aromatic heterocycles. The summed E-state index contributed by atoms with van der Waals surface area (Å²) in [5.74, 6) is 0.852. The van der Waals surface area contributed by atoms with Crippen molar-refractivity contribution in [1.82, 2.24) is 0 Å². The summed E-state index contributed by atoms with van der Waals surface area (Å²) in [6, 6.07) is 6.01. The van der Waals surface area contributed by atoms with Crippen molar-refractivity contribution in [1.29, 1.82) is 0 Å². The van der Waals surface area contributed by atoms with Crippen molar-refractivity contribution in [2.45, 2.75) is 13.5 Å². The summed E-state index contributed by atoms with van der Waals surface area (Å²) in [6.45, 7) is 2.63. The van der Waals surface area contributed by atoms with Gasteiger partial charge in [-0.15, -0.1) is 0 Å². The molecule has 0 saturated heterocycles. The molecule has 2 rings (SSSR count). The van der Waals surface area contributed by atoms with E-state index in [9.17, 15) is 0 Å². The molecule has 0 amide bonds. The van der Waals surface area contributed by atoms with Crippen LogP contribution < -0.4 is 4.89 Å². The van der Waals surface area contributed by atoms with Gasteiger partial charge in [0.05, 0.1) is 0 Å². The first-order valence-corrected chi connectivity index (χ1v) is 3.25. The molecule has 0 bridgehead atoms. The summed E-state index contributed by atoms with van der Waals surface area (Å²) < 4.78 is 0. The van der Waals surface area contributed by atoms with E-state index in [1.807, 2.05) is 12.1 Å². The lowest BCUT2D eigenvalue weighted by atomic mass is 10.1. The minimum absolute atomic E-state index is 0.580. The third-order valence-electron chi connectivity index (χ3n) is 1.58. The van der Waals surface area contributed by atoms with Gasteiger partial charge in [0.25, 0.3) is 0 Å². The number of benzene rings is 1. The summed E-state index contributed by atoms with van der Waals surface area (Å²) in [4.78, 5) is 9.62. The first kappa shape index (κ1) is 5.74. The summed E-state index contributed by atoms with van der Waals surface area (Å²) in [5.41, 5.74) is 2.38. The zero-order valence-corrected chi connectivity index (χ0v) is 5.76. The molecule has 1 aromatic carbocycles. The highest BCUT2D eigenvalue weighted by atomic mass is 17.2. The molecule has 0 unspecified atom stereocenters. The van der Waals surface area contributed by atoms with Gasteiger partial charge in [-0.3, -0.25) is 0 Å². The minimum Gasteiger partial charge on any atom is -0.337 e. The molecule has 1 aliphatic heterocycles. The Bertz CT molecular complexity index is 255. The molecule has 0 radical (unpaired) electrons. The molecule has 2 heteroatoms. The second-order valence-electron chi connectivity index (χ2n) is 2.46. The largest absolute Gasteiger partial charge is 0.337 e. The molecule has 1 aliphatic rings. The summed E-state index contributed by atoms with van der Waals surface area (Å²) >= 11 is 0. The first-order valence-electron chi connectivity index (χ1n) is 3.25. The Morgan fingerprint density at radius 1 is 1.40 bits per heavy atom. The second-order valence-corrected chi connectivity index (χ2v) is 2.46. The fourth-order valence-electron chi connectivity index (χ4n) is 1.06. The Balaban J connectivity index is 2.52. The van der Waals surface area contributed by atoms with Crippen LogP contribution in [0.25, 0.3) is 0 Å². The van der Waals surface area contributed by atoms with Crippen LogP contribution in [0.5, 0.6) is 5.75 Å². The van der Waals surface area contributed by atoms with Crippen LogP contribution in [-0.4, -0.2) is 0 Å². The van der Waals surface area contributed by atoms with Crippen molar-refractivity contribution >= 4 is 0 Å². The maximum Gasteiger partial charge on any atom is 0.171 e. The molecule has 0 saturated carbocycles. The van der Waals surface area contributed by atoms with Gasteiger partial charge >= 0.3 is 0 Å². The Morgan fingerprint density at radius 3 is 3.20 bits per heavy atom. The van der Waals surface area contributed by atoms with E-state index in [0.717, 1.165) is 11.3 Å². The normalized spacial score (nSPS) is 14.5. The average Bonchev–Trinajstić information content (AvgIpc) is 2.33. The SMILES string of the molecule is Cc1ccc2c(c1)COO2. The predicted octanol–water partition coefficient (Wildman–Crippen LogP) is 1.82. The van der Waals surface area contributed by atoms with Crippen molar-refractivity contribution in [3.63, 3.8) is 0 Å². The number of fused-ring (bicyclic) bond motifs is 1. The zero-order chi connectivity index (χ0) is 6.97. The van der Waals surface area contributed by atoms with E-state index < -0.39 is 0 Å². The van der Waals surface area contributed by atoms with E-state index in [1.54, 1.807) is 0 Å². The van der Waals surface area contributed by atoms with Gasteiger partial charge < -0.3 is 4.89 Å². The minimum atomic E-state index is 0.580. The first-order chi connectivity index (χ1) is 4.86. The molecule has 1 aromatic rings. The Morgan fingerprint density at radius 2 is 2.30 bits per heavy atom. The van der Waals surface area contributed by atoms with Gasteiger partial charge in [0.2, 0.25) is 0 Å². The molecule has 10 heavy (non-hydrogen) atoms. The lowest BCUT2D eigenvalue weighted by Crippen LogP contribution is -1.80. The van der Waals surface area contributed by atoms with E-state index in [4.69, 9.17) is 9.78 Å². The van der Waals surface area contributed by atoms with E-state index in [-0.39, 0.29) is 0 Å². The summed E-state index contributed by atoms with van der Waals surface area (Å²) in [6.07, 6.45) is 0. The van der Waals surface area contributed by atoms with Gasteiger partial charge in [0.15, 0.2) is 5.75 Å². The third-order valence-corrected chi connectivity index (χ3v) is 1.58. The third kappa shape index (κ3) is 0.772. The van der Waals surface area contributed by atoms with Gasteiger partial charge in [-0.1, -0.05) is 11.6 Å². The monoisotopic (exact) mass is 136 g/mol. The van der Waals surface area contributed by atoms with Crippen LogP contribution in [0, 0.1) is 6.92 Å². The lowest BCUT2D eigenvalue weighted by Gasteiger charge is -1.94. The van der Waals surface area contributed by atoms with Crippen LogP contribution in [0.15, 0.2) is 18.2 Å². The highest BCUT2D eigenvalue weighted by molar-refractivity contribution is 5.37. The molecule has 1 heterocycles. The van der Waals surface area contributed by atoms with Crippen LogP contribution >= 0.6 is 0 Å². The smallest absolute Gasteiger partial charge is 0.171 e. The average molecular weight is 136 g/mol. The van der Waals surface area contributed by atoms with Gasteiger partial charge in [-0.2, -0.15) is 4.89 Å². The molecule has 0 fully saturated rings. The maximum atomic E-state index is 4.85. The lowest BCUT2D eigenvalue weighted by molar-refractivity contribution is -0.194. The van der Waals surface area contributed by atoms with Crippen LogP contribution in [0.1, 0.15) is 11.1 Å². The fraction of sp³-hybridized carbons (Fsp3) is 0.250. The van der Waals surface area contributed by atoms with Crippen molar-refractivity contribution in [2.75, 3.05) is 0 Å². The summed E-state index contributed by atoms with van der Waals surface area (Å²) in [5, 5.41) is 0. The topological polar surface area (TPSA) is 18.5 Å². The maximum absolute atomic E-state index is 4.85. The molecule has 0 aliphatic carbocycles. The van der Waals surface area contributed by atoms with E-state index in [2.05, 4.69) is 13.0 Å². The summed E-state index contributed by atoms with van der Waals surface area (Å²) in [7, 11) is 0. The number of aryl methyl sites for hydroxylation is 1. The van der Waals surface area contributed by atoms with Crippen LogP contribution in [0.2, 0.25) is 0 Å². The van der Waals surface area contributed by atoms with Gasteiger partial charge in [0, 0.05) is 5.56 Å². The van der Waals surface area contributed by atoms with E-state index in [0.29, 0.717) is 6.61 Å². The van der Waals surface area contributed by atoms with Crippen molar-refractivity contribution in [3.8, 4) is 5.75 Å². The highest BCUT2D eigenvalue weighted by Crippen LogP contribution is 2.25. The second kappa shape index (κ2) is 1.99. The fourth-order valence-corrected chi connectivity index (χ4v) is 1.06. The number of hydrogen-bond donors (Lipinski definition) is 0. The predicted molar refractivity (Wildman–Crippen MR) is 36.6 cm³/mol. The molecular formula is C8H8O2. The number of rotatable bonds is 0. The van der Waals surface area contributed by atoms with E-state index in [1.165, 1.54) is 5.56 Å². The number of hydrogen-bond acceptors (Lipinski definition) is 2. The van der Waals surface area contributed by atoms with Crippen LogP contribution in [0.4, 0.5) is 0 Å². The van der Waals surface area contributed by atoms with Gasteiger partial charge in [-0.25, -0.2) is 0 Å². The molecule has 2 nitrogen and oxygen atoms in total. The van der Waals surface area contributed by atoms with Crippen LogP contribution in [-0.2, 0) is 11.5 Å². The van der Waals surface area contributed by atoms with Crippen molar-refractivity contribution in [2.24, 2.45) is 0 Å². The Kier molecular flexibility index (Phi) is 1.14. The molecule has 52 valence electrons. The van der Waals surface area contributed by atoms with Gasteiger partial charge in [0.1, 0.15) is 6.61 Å². The molecule has 0 atom stereocenters. The zero-order valence-electron chi connectivity index (χ0n) is 5.76. The van der Waals surface area contributed by atoms with Gasteiger partial charge in [-0.05, 0) is 19.1 Å². The van der Waals surface area contributed by atoms with E-state index >= 15 is 0 Å². The van der Waals surface area contributed by atoms with Crippen molar-refractivity contribution < 1.29 is 9.78 Å². The molecule has 0 N–H and O–H groups in total. The highest BCUT2D eigenvalue weighted by Gasteiger charge is 2.11. The molecular weight excluding hydrogens is 128 g/mol. The van der Waals surface area contributed by atoms with Crippen LogP contribution in [0.3, 0.4) is 0 Å². The quantitative estimate of drug-likeness (QED) is 0.506. The standard InChI is InChI=1S/C8H8O2/c1-6-2-3-8-7(4-6)5-9-10-8/h2-4H,5H2,1H3. The Labute approximate surface area is 59.3 Å². The molecule has 0 spiro atoms. The Hall–Kier alpha value is -1.02. The van der Waals surface area contributed by atoms with Crippen molar-refractivity contribution in [3.05, 3.63) is 29.3 Å².